The van der Waals surface area contributed by atoms with Crippen LogP contribution in [0.2, 0.25) is 0 Å². The monoisotopic (exact) mass is 309 g/mol. The van der Waals surface area contributed by atoms with Gasteiger partial charge >= 0.3 is 6.61 Å². The molecule has 0 fully saturated rings. The van der Waals surface area contributed by atoms with Gasteiger partial charge in [0.2, 0.25) is 10.0 Å². The second-order valence-electron chi connectivity index (χ2n) is 4.10. The molecule has 1 atom stereocenters. The Morgan fingerprint density at radius 2 is 1.85 bits per heavy atom. The van der Waals surface area contributed by atoms with Crippen LogP contribution in [0.3, 0.4) is 0 Å². The molecule has 0 spiro atoms. The summed E-state index contributed by atoms with van der Waals surface area (Å²) >= 11 is 0. The van der Waals surface area contributed by atoms with Gasteiger partial charge in [-0.2, -0.15) is 8.78 Å². The van der Waals surface area contributed by atoms with Crippen molar-refractivity contribution in [3.63, 3.8) is 0 Å². The number of rotatable bonds is 8. The molecule has 0 bridgehead atoms. The van der Waals surface area contributed by atoms with Crippen molar-refractivity contribution in [2.75, 3.05) is 19.5 Å². The van der Waals surface area contributed by atoms with E-state index in [-0.39, 0.29) is 18.1 Å². The summed E-state index contributed by atoms with van der Waals surface area (Å²) in [7, 11) is -2.03. The molecule has 0 aromatic heterocycles. The molecule has 0 amide bonds. The second-order valence-corrected chi connectivity index (χ2v) is 5.97. The summed E-state index contributed by atoms with van der Waals surface area (Å²) in [4.78, 5) is 0. The lowest BCUT2D eigenvalue weighted by atomic mass is 10.1. The summed E-state index contributed by atoms with van der Waals surface area (Å²) < 4.78 is 58.7. The van der Waals surface area contributed by atoms with Crippen LogP contribution in [0.1, 0.15) is 18.5 Å². The van der Waals surface area contributed by atoms with Crippen LogP contribution >= 0.6 is 0 Å². The summed E-state index contributed by atoms with van der Waals surface area (Å²) in [5, 5.41) is 0. The molecular weight excluding hydrogens is 292 g/mol. The van der Waals surface area contributed by atoms with Crippen LogP contribution in [0.15, 0.2) is 24.3 Å². The van der Waals surface area contributed by atoms with Gasteiger partial charge in [0.15, 0.2) is 0 Å². The first-order chi connectivity index (χ1) is 9.34. The molecule has 0 saturated carbocycles. The predicted octanol–water partition coefficient (Wildman–Crippen LogP) is 1.91. The molecule has 1 unspecified atom stereocenters. The van der Waals surface area contributed by atoms with Crippen LogP contribution < -0.4 is 9.46 Å². The number of nitrogens with one attached hydrogen (secondary N) is 1. The first-order valence-electron chi connectivity index (χ1n) is 5.88. The Hall–Kier alpha value is -1.25. The Morgan fingerprint density at radius 1 is 1.25 bits per heavy atom. The highest BCUT2D eigenvalue weighted by molar-refractivity contribution is 7.89. The van der Waals surface area contributed by atoms with Crippen molar-refractivity contribution in [3.8, 4) is 5.75 Å². The SMILES string of the molecule is COCCS(=O)(=O)NC(C)c1ccc(OC(F)F)cc1. The number of ether oxygens (including phenoxy) is 2. The molecule has 1 rings (SSSR count). The third-order valence-corrected chi connectivity index (χ3v) is 3.93. The molecule has 1 N–H and O–H groups in total. The van der Waals surface area contributed by atoms with Gasteiger partial charge in [0.05, 0.1) is 12.4 Å². The van der Waals surface area contributed by atoms with Crippen LogP contribution in [-0.2, 0) is 14.8 Å². The van der Waals surface area contributed by atoms with Gasteiger partial charge in [0.1, 0.15) is 5.75 Å². The van der Waals surface area contributed by atoms with E-state index in [4.69, 9.17) is 4.74 Å². The standard InChI is InChI=1S/C12H17F2NO4S/c1-9(15-20(16,17)8-7-18-2)10-3-5-11(6-4-10)19-12(13)14/h3-6,9,12,15H,7-8H2,1-2H3. The van der Waals surface area contributed by atoms with Gasteiger partial charge in [-0.3, -0.25) is 0 Å². The fourth-order valence-corrected chi connectivity index (χ4v) is 2.71. The zero-order valence-electron chi connectivity index (χ0n) is 11.2. The molecule has 5 nitrogen and oxygen atoms in total. The third kappa shape index (κ3) is 5.81. The van der Waals surface area contributed by atoms with Crippen LogP contribution in [-0.4, -0.2) is 34.5 Å². The molecule has 0 aliphatic rings. The molecule has 114 valence electrons. The molecule has 0 aliphatic heterocycles. The highest BCUT2D eigenvalue weighted by Gasteiger charge is 2.15. The van der Waals surface area contributed by atoms with E-state index in [1.807, 2.05) is 0 Å². The normalized spacial score (nSPS) is 13.4. The average Bonchev–Trinajstić information content (AvgIpc) is 2.36. The molecule has 0 heterocycles. The summed E-state index contributed by atoms with van der Waals surface area (Å²) in [5.74, 6) is -0.112. The molecule has 20 heavy (non-hydrogen) atoms. The van der Waals surface area contributed by atoms with Crippen LogP contribution in [0, 0.1) is 0 Å². The lowest BCUT2D eigenvalue weighted by Crippen LogP contribution is -2.30. The number of methoxy groups -OCH3 is 1. The van der Waals surface area contributed by atoms with Crippen molar-refractivity contribution < 1.29 is 26.7 Å². The van der Waals surface area contributed by atoms with E-state index in [0.29, 0.717) is 5.56 Å². The predicted molar refractivity (Wildman–Crippen MR) is 70.3 cm³/mol. The summed E-state index contributed by atoms with van der Waals surface area (Å²) in [6.45, 7) is -1.12. The van der Waals surface area contributed by atoms with Crippen LogP contribution in [0.25, 0.3) is 0 Å². The number of halogens is 2. The maximum absolute atomic E-state index is 12.0. The molecule has 0 aliphatic carbocycles. The minimum Gasteiger partial charge on any atom is -0.435 e. The Bertz CT molecular complexity index is 505. The van der Waals surface area contributed by atoms with E-state index in [1.165, 1.54) is 31.4 Å². The highest BCUT2D eigenvalue weighted by atomic mass is 32.2. The van der Waals surface area contributed by atoms with Crippen molar-refractivity contribution in [1.82, 2.24) is 4.72 Å². The average molecular weight is 309 g/mol. The molecule has 0 saturated heterocycles. The zero-order valence-corrected chi connectivity index (χ0v) is 12.0. The minimum atomic E-state index is -3.45. The smallest absolute Gasteiger partial charge is 0.387 e. The largest absolute Gasteiger partial charge is 0.435 e. The van der Waals surface area contributed by atoms with Gasteiger partial charge in [-0.15, -0.1) is 0 Å². The van der Waals surface area contributed by atoms with Crippen molar-refractivity contribution in [2.45, 2.75) is 19.6 Å². The first-order valence-corrected chi connectivity index (χ1v) is 7.53. The van der Waals surface area contributed by atoms with Gasteiger partial charge in [0.25, 0.3) is 0 Å². The maximum atomic E-state index is 12.0. The minimum absolute atomic E-state index is 0.0261. The highest BCUT2D eigenvalue weighted by Crippen LogP contribution is 2.19. The van der Waals surface area contributed by atoms with Crippen LogP contribution in [0.4, 0.5) is 8.78 Å². The van der Waals surface area contributed by atoms with Crippen molar-refractivity contribution in [2.24, 2.45) is 0 Å². The lowest BCUT2D eigenvalue weighted by molar-refractivity contribution is -0.0498. The zero-order chi connectivity index (χ0) is 15.2. The van der Waals surface area contributed by atoms with Gasteiger partial charge in [-0.1, -0.05) is 12.1 Å². The Balaban J connectivity index is 2.65. The number of sulfonamides is 1. The van der Waals surface area contributed by atoms with Gasteiger partial charge in [0, 0.05) is 13.2 Å². The summed E-state index contributed by atoms with van der Waals surface area (Å²) in [5.41, 5.74) is 0.646. The van der Waals surface area contributed by atoms with E-state index in [0.717, 1.165) is 0 Å². The Kier molecular flexibility index (Phi) is 6.31. The van der Waals surface area contributed by atoms with E-state index < -0.39 is 22.7 Å². The lowest BCUT2D eigenvalue weighted by Gasteiger charge is -2.15. The summed E-state index contributed by atoms with van der Waals surface area (Å²) in [6.07, 6.45) is 0. The van der Waals surface area contributed by atoms with E-state index in [9.17, 15) is 17.2 Å². The molecule has 0 radical (unpaired) electrons. The first kappa shape index (κ1) is 16.8. The Morgan fingerprint density at radius 3 is 2.35 bits per heavy atom. The topological polar surface area (TPSA) is 64.6 Å². The maximum Gasteiger partial charge on any atom is 0.387 e. The van der Waals surface area contributed by atoms with E-state index >= 15 is 0 Å². The van der Waals surface area contributed by atoms with Gasteiger partial charge in [-0.25, -0.2) is 13.1 Å². The Labute approximate surface area is 116 Å². The fourth-order valence-electron chi connectivity index (χ4n) is 1.53. The van der Waals surface area contributed by atoms with Gasteiger partial charge in [-0.05, 0) is 24.6 Å². The fraction of sp³-hybridized carbons (Fsp3) is 0.500. The van der Waals surface area contributed by atoms with Crippen molar-refractivity contribution >= 4 is 10.0 Å². The molecular formula is C12H17F2NO4S. The quantitative estimate of drug-likeness (QED) is 0.797. The van der Waals surface area contributed by atoms with E-state index in [1.54, 1.807) is 6.92 Å². The molecule has 1 aromatic rings. The molecule has 8 heteroatoms. The van der Waals surface area contributed by atoms with Crippen molar-refractivity contribution in [1.29, 1.82) is 0 Å². The van der Waals surface area contributed by atoms with Crippen LogP contribution in [0.5, 0.6) is 5.75 Å². The number of benzene rings is 1. The van der Waals surface area contributed by atoms with Gasteiger partial charge < -0.3 is 9.47 Å². The second kappa shape index (κ2) is 7.51. The molecule has 1 aromatic carbocycles. The summed E-state index contributed by atoms with van der Waals surface area (Å²) in [6, 6.07) is 5.31. The van der Waals surface area contributed by atoms with Crippen molar-refractivity contribution in [3.05, 3.63) is 29.8 Å². The number of hydrogen-bond acceptors (Lipinski definition) is 4. The number of hydrogen-bond donors (Lipinski definition) is 1. The van der Waals surface area contributed by atoms with E-state index in [2.05, 4.69) is 9.46 Å². The number of alkyl halides is 2. The third-order valence-electron chi connectivity index (χ3n) is 2.52.